The van der Waals surface area contributed by atoms with Gasteiger partial charge in [0, 0.05) is 113 Å². The van der Waals surface area contributed by atoms with E-state index in [2.05, 4.69) is 0 Å². The molecule has 2 radical (unpaired) electrons. The molecule has 0 spiro atoms. The molecule has 0 aliphatic rings. The van der Waals surface area contributed by atoms with Gasteiger partial charge in [-0.2, -0.15) is 0 Å². The van der Waals surface area contributed by atoms with Crippen molar-refractivity contribution in [3.8, 4) is 0 Å². The van der Waals surface area contributed by atoms with Crippen LogP contribution in [0.15, 0.2) is 0 Å². The minimum Gasteiger partial charge on any atom is 0 e. The van der Waals surface area contributed by atoms with Gasteiger partial charge < -0.3 is 0 Å². The van der Waals surface area contributed by atoms with Crippen LogP contribution in [0.2, 0.25) is 0 Å². The zero-order chi connectivity index (χ0) is 0. The Kier molecular flexibility index (Phi) is 101. The van der Waals surface area contributed by atoms with E-state index < -0.39 is 0 Å². The van der Waals surface area contributed by atoms with Crippen molar-refractivity contribution in [2.45, 2.75) is 0 Å². The summed E-state index contributed by atoms with van der Waals surface area (Å²) in [7, 11) is 0. The number of hydrogen-bond acceptors (Lipinski definition) is 0. The molecule has 4 heavy (non-hydrogen) atoms. The second kappa shape index (κ2) is 15.9. The van der Waals surface area contributed by atoms with Gasteiger partial charge in [0.2, 0.25) is 0 Å². The molecule has 0 aromatic heterocycles. The van der Waals surface area contributed by atoms with Crippen LogP contribution >= 0.6 is 0 Å². The number of hydrogen-bond donors (Lipinski definition) is 0. The van der Waals surface area contributed by atoms with Crippen molar-refractivity contribution in [1.29, 1.82) is 0 Å². The van der Waals surface area contributed by atoms with E-state index in [0.717, 1.165) is 0 Å². The van der Waals surface area contributed by atoms with Crippen molar-refractivity contribution in [2.24, 2.45) is 0 Å². The molecular formula is CoFeNdTb. The summed E-state index contributed by atoms with van der Waals surface area (Å²) in [5.74, 6) is 0. The van der Waals surface area contributed by atoms with Gasteiger partial charge in [0.25, 0.3) is 0 Å². The molecule has 0 heterocycles. The molecule has 0 aliphatic heterocycles. The fourth-order valence-corrected chi connectivity index (χ4v) is 0. The standard InChI is InChI=1S/Co.Fe.Nd.Tb. The topological polar surface area (TPSA) is 0 Å². The summed E-state index contributed by atoms with van der Waals surface area (Å²) in [4.78, 5) is 0. The summed E-state index contributed by atoms with van der Waals surface area (Å²) in [5, 5.41) is 0. The molecule has 0 aliphatic carbocycles. The average molecular weight is 418 g/mol. The molecule has 30 valence electrons. The van der Waals surface area contributed by atoms with Gasteiger partial charge in [-0.25, -0.2) is 0 Å². The molecule has 0 unspecified atom stereocenters. The Hall–Kier alpha value is 3.66. The fourth-order valence-electron chi connectivity index (χ4n) is 0. The zero-order valence-corrected chi connectivity index (χ0v) is 9.01. The molecule has 0 nitrogen and oxygen atoms in total. The van der Waals surface area contributed by atoms with Gasteiger partial charge in [0.1, 0.15) is 0 Å². The fraction of sp³-hybridized carbons (Fsp3) is 0. The van der Waals surface area contributed by atoms with Crippen molar-refractivity contribution in [1.82, 2.24) is 0 Å². The largest absolute Gasteiger partial charge is 0 e. The molecule has 0 aromatic carbocycles. The van der Waals surface area contributed by atoms with Crippen LogP contribution in [-0.4, -0.2) is 0 Å². The SMILES string of the molecule is [Co].[Fe].[Nd].[Tb]. The molecule has 0 bridgehead atoms. The van der Waals surface area contributed by atoms with E-state index in [4.69, 9.17) is 0 Å². The van der Waals surface area contributed by atoms with Gasteiger partial charge in [-0.05, 0) is 0 Å². The first-order chi connectivity index (χ1) is 0. The smallest absolute Gasteiger partial charge is 0 e. The summed E-state index contributed by atoms with van der Waals surface area (Å²) in [6, 6.07) is 0. The third kappa shape index (κ3) is 9.18. The van der Waals surface area contributed by atoms with Crippen molar-refractivity contribution in [3.05, 3.63) is 0 Å². The van der Waals surface area contributed by atoms with Crippen LogP contribution in [0.5, 0.6) is 0 Å². The average Bonchev–Trinajstić information content (AvgIpc) is 0. The minimum absolute atomic E-state index is 0. The second-order valence-electron chi connectivity index (χ2n) is 0. The summed E-state index contributed by atoms with van der Waals surface area (Å²) in [6.07, 6.45) is 0. The van der Waals surface area contributed by atoms with E-state index in [1.54, 1.807) is 0 Å². The van der Waals surface area contributed by atoms with Gasteiger partial charge in [-0.15, -0.1) is 0 Å². The monoisotopic (exact) mass is 416 g/mol. The Labute approximate surface area is 110 Å². The van der Waals surface area contributed by atoms with Gasteiger partial charge in [-0.1, -0.05) is 0 Å². The molecule has 0 amide bonds. The zero-order valence-electron chi connectivity index (χ0n) is 1.52. The predicted molar refractivity (Wildman–Crippen MR) is 0 cm³/mol. The Morgan fingerprint density at radius 3 is 1.00 bits per heavy atom. The van der Waals surface area contributed by atoms with Gasteiger partial charge in [0.15, 0.2) is 0 Å². The Balaban J connectivity index is 0. The maximum atomic E-state index is 0. The van der Waals surface area contributed by atoms with E-state index in [1.165, 1.54) is 0 Å². The molecule has 0 aromatic rings. The van der Waals surface area contributed by atoms with Crippen molar-refractivity contribution < 1.29 is 113 Å². The molecule has 0 rings (SSSR count). The van der Waals surface area contributed by atoms with E-state index in [1.807, 2.05) is 0 Å². The van der Waals surface area contributed by atoms with Gasteiger partial charge in [-0.3, -0.25) is 0 Å². The van der Waals surface area contributed by atoms with E-state index in [0.29, 0.717) is 0 Å². The number of rotatable bonds is 0. The minimum atomic E-state index is 0. The van der Waals surface area contributed by atoms with Crippen LogP contribution in [0, 0.1) is 79.5 Å². The summed E-state index contributed by atoms with van der Waals surface area (Å²) in [6.45, 7) is 0. The molecule has 0 fully saturated rings. The van der Waals surface area contributed by atoms with Crippen LogP contribution in [0.3, 0.4) is 0 Å². The predicted octanol–water partition coefficient (Wildman–Crippen LogP) is -0.00500. The van der Waals surface area contributed by atoms with Gasteiger partial charge in [0.05, 0.1) is 0 Å². The normalized spacial score (nSPS) is 0. The summed E-state index contributed by atoms with van der Waals surface area (Å²) in [5.41, 5.74) is 0. The molecule has 4 heteroatoms. The Morgan fingerprint density at radius 2 is 1.00 bits per heavy atom. The first-order valence-corrected chi connectivity index (χ1v) is 0. The summed E-state index contributed by atoms with van der Waals surface area (Å²) < 4.78 is 0. The maximum Gasteiger partial charge on any atom is 0 e. The van der Waals surface area contributed by atoms with Crippen LogP contribution < -0.4 is 0 Å². The Morgan fingerprint density at radius 1 is 1.00 bits per heavy atom. The van der Waals surface area contributed by atoms with Crippen molar-refractivity contribution in [3.63, 3.8) is 0 Å². The molecule has 0 atom stereocenters. The summed E-state index contributed by atoms with van der Waals surface area (Å²) >= 11 is 0. The molecule has 0 saturated heterocycles. The maximum absolute atomic E-state index is 0. The van der Waals surface area contributed by atoms with Crippen molar-refractivity contribution >= 4 is 0 Å². The first-order valence-electron chi connectivity index (χ1n) is 0. The van der Waals surface area contributed by atoms with Crippen molar-refractivity contribution in [2.75, 3.05) is 0 Å². The quantitative estimate of drug-likeness (QED) is 0.487. The third-order valence-electron chi connectivity index (χ3n) is 0. The first kappa shape index (κ1) is 25.4. The molecule has 0 N–H and O–H groups in total. The van der Waals surface area contributed by atoms with Gasteiger partial charge >= 0.3 is 0 Å². The van der Waals surface area contributed by atoms with Crippen LogP contribution in [-0.2, 0) is 33.8 Å². The van der Waals surface area contributed by atoms with E-state index >= 15 is 0 Å². The van der Waals surface area contributed by atoms with E-state index in [9.17, 15) is 0 Å². The van der Waals surface area contributed by atoms with Crippen LogP contribution in [0.1, 0.15) is 0 Å². The second-order valence-corrected chi connectivity index (χ2v) is 0. The van der Waals surface area contributed by atoms with Crippen LogP contribution in [0.4, 0.5) is 0 Å². The van der Waals surface area contributed by atoms with Crippen LogP contribution in [0.25, 0.3) is 0 Å². The molecule has 0 saturated carbocycles. The third-order valence-corrected chi connectivity index (χ3v) is 0. The van der Waals surface area contributed by atoms with E-state index in [-0.39, 0.29) is 113 Å². The Bertz CT molecular complexity index is 8.00. The molecular weight excluding hydrogens is 418 g/mol.